The van der Waals surface area contributed by atoms with E-state index in [-0.39, 0.29) is 0 Å². The van der Waals surface area contributed by atoms with Crippen molar-refractivity contribution in [3.05, 3.63) is 12.2 Å². The van der Waals surface area contributed by atoms with Gasteiger partial charge in [0, 0.05) is 0 Å². The van der Waals surface area contributed by atoms with Crippen molar-refractivity contribution in [2.45, 2.75) is 45.8 Å². The van der Waals surface area contributed by atoms with Crippen molar-refractivity contribution in [1.82, 2.24) is 0 Å². The van der Waals surface area contributed by atoms with E-state index in [0.29, 0.717) is 12.2 Å². The first-order chi connectivity index (χ1) is 6.24. The molecule has 5 atom stereocenters. The molecule has 1 saturated carbocycles. The summed E-state index contributed by atoms with van der Waals surface area (Å²) in [5.41, 5.74) is 0. The lowest BCUT2D eigenvalue weighted by molar-refractivity contribution is 0.240. The number of ether oxygens (including phenoxy) is 1. The van der Waals surface area contributed by atoms with E-state index >= 15 is 0 Å². The predicted octanol–water partition coefficient (Wildman–Crippen LogP) is 3.01. The van der Waals surface area contributed by atoms with Crippen LogP contribution < -0.4 is 0 Å². The number of allylic oxidation sites excluding steroid dienone is 2. The molecule has 2 fully saturated rings. The number of hydrogen-bond acceptors (Lipinski definition) is 1. The molecule has 5 unspecified atom stereocenters. The molecule has 1 aliphatic carbocycles. The van der Waals surface area contributed by atoms with Gasteiger partial charge in [-0.15, -0.1) is 0 Å². The fraction of sp³-hybridized carbons (Fsp3) is 0.833. The molecule has 0 amide bonds. The number of hydrogen-bond donors (Lipinski definition) is 0. The third kappa shape index (κ3) is 1.67. The predicted molar refractivity (Wildman–Crippen MR) is 54.5 cm³/mol. The van der Waals surface area contributed by atoms with Crippen LogP contribution in [-0.2, 0) is 4.74 Å². The van der Waals surface area contributed by atoms with Crippen molar-refractivity contribution in [1.29, 1.82) is 0 Å². The Bertz CT molecular complexity index is 209. The van der Waals surface area contributed by atoms with Crippen molar-refractivity contribution < 1.29 is 4.74 Å². The van der Waals surface area contributed by atoms with Crippen LogP contribution in [0.2, 0.25) is 0 Å². The van der Waals surface area contributed by atoms with Crippen molar-refractivity contribution in [3.63, 3.8) is 0 Å². The minimum absolute atomic E-state index is 0.596. The second kappa shape index (κ2) is 3.45. The van der Waals surface area contributed by atoms with Crippen molar-refractivity contribution in [2.75, 3.05) is 0 Å². The van der Waals surface area contributed by atoms with Gasteiger partial charge < -0.3 is 4.74 Å². The number of rotatable bonds is 2. The van der Waals surface area contributed by atoms with Crippen LogP contribution in [-0.4, -0.2) is 12.2 Å². The van der Waals surface area contributed by atoms with Gasteiger partial charge in [0.15, 0.2) is 0 Å². The van der Waals surface area contributed by atoms with E-state index in [1.165, 1.54) is 12.8 Å². The maximum atomic E-state index is 5.69. The zero-order valence-corrected chi connectivity index (χ0v) is 8.86. The fourth-order valence-corrected chi connectivity index (χ4v) is 2.73. The summed E-state index contributed by atoms with van der Waals surface area (Å²) in [6.07, 6.45) is 8.27. The monoisotopic (exact) mass is 180 g/mol. The summed E-state index contributed by atoms with van der Waals surface area (Å²) in [6, 6.07) is 0. The molecule has 2 aliphatic rings. The van der Waals surface area contributed by atoms with Gasteiger partial charge in [-0.3, -0.25) is 0 Å². The Balaban J connectivity index is 1.94. The summed E-state index contributed by atoms with van der Waals surface area (Å²) in [5.74, 6) is 2.42. The highest BCUT2D eigenvalue weighted by Crippen LogP contribution is 2.47. The average Bonchev–Trinajstić information content (AvgIpc) is 2.88. The fourth-order valence-electron chi connectivity index (χ4n) is 2.73. The maximum Gasteiger partial charge on any atom is 0.0872 e. The molecule has 1 saturated heterocycles. The zero-order chi connectivity index (χ0) is 9.42. The van der Waals surface area contributed by atoms with Crippen LogP contribution in [0.15, 0.2) is 12.2 Å². The minimum atomic E-state index is 0.596. The van der Waals surface area contributed by atoms with Crippen LogP contribution in [0.5, 0.6) is 0 Å². The molecule has 1 heterocycles. The minimum Gasteiger partial charge on any atom is -0.369 e. The third-order valence-corrected chi connectivity index (χ3v) is 3.73. The van der Waals surface area contributed by atoms with Gasteiger partial charge in [0.2, 0.25) is 0 Å². The van der Waals surface area contributed by atoms with E-state index < -0.39 is 0 Å². The molecule has 1 nitrogen and oxygen atoms in total. The van der Waals surface area contributed by atoms with Crippen LogP contribution in [0.25, 0.3) is 0 Å². The van der Waals surface area contributed by atoms with E-state index in [1.54, 1.807) is 0 Å². The quantitative estimate of drug-likeness (QED) is 0.470. The molecule has 1 aliphatic heterocycles. The van der Waals surface area contributed by atoms with Crippen LogP contribution >= 0.6 is 0 Å². The summed E-state index contributed by atoms with van der Waals surface area (Å²) in [7, 11) is 0. The second-order valence-electron chi connectivity index (χ2n) is 4.70. The lowest BCUT2D eigenvalue weighted by atomic mass is 9.74. The first-order valence-corrected chi connectivity index (χ1v) is 5.50. The Labute approximate surface area is 81.2 Å². The molecule has 13 heavy (non-hydrogen) atoms. The SMILES string of the molecule is CC=CCC1CC(C)C2OC2C1C. The Hall–Kier alpha value is -0.300. The van der Waals surface area contributed by atoms with Crippen LogP contribution in [0, 0.1) is 17.8 Å². The van der Waals surface area contributed by atoms with E-state index in [0.717, 1.165) is 17.8 Å². The van der Waals surface area contributed by atoms with E-state index in [4.69, 9.17) is 4.74 Å². The van der Waals surface area contributed by atoms with Gasteiger partial charge in [-0.1, -0.05) is 26.0 Å². The summed E-state index contributed by atoms with van der Waals surface area (Å²) in [4.78, 5) is 0. The highest BCUT2D eigenvalue weighted by molar-refractivity contribution is 5.01. The van der Waals surface area contributed by atoms with Crippen molar-refractivity contribution in [3.8, 4) is 0 Å². The van der Waals surface area contributed by atoms with E-state index in [1.807, 2.05) is 0 Å². The van der Waals surface area contributed by atoms with Crippen molar-refractivity contribution >= 4 is 0 Å². The van der Waals surface area contributed by atoms with Crippen LogP contribution in [0.4, 0.5) is 0 Å². The Kier molecular flexibility index (Phi) is 2.46. The summed E-state index contributed by atoms with van der Waals surface area (Å²) < 4.78 is 5.69. The maximum absolute atomic E-state index is 5.69. The lowest BCUT2D eigenvalue weighted by Crippen LogP contribution is -2.28. The van der Waals surface area contributed by atoms with Gasteiger partial charge in [-0.25, -0.2) is 0 Å². The molecule has 0 bridgehead atoms. The highest BCUT2D eigenvalue weighted by atomic mass is 16.6. The van der Waals surface area contributed by atoms with Crippen LogP contribution in [0.1, 0.15) is 33.6 Å². The molecule has 0 aromatic heterocycles. The highest BCUT2D eigenvalue weighted by Gasteiger charge is 2.52. The molecule has 74 valence electrons. The lowest BCUT2D eigenvalue weighted by Gasteiger charge is -2.28. The van der Waals surface area contributed by atoms with Gasteiger partial charge in [0.05, 0.1) is 12.2 Å². The topological polar surface area (TPSA) is 12.5 Å². The normalized spacial score (nSPS) is 49.3. The number of fused-ring (bicyclic) bond motifs is 1. The smallest absolute Gasteiger partial charge is 0.0872 e. The van der Waals surface area contributed by atoms with E-state index in [9.17, 15) is 0 Å². The van der Waals surface area contributed by atoms with Gasteiger partial charge in [-0.2, -0.15) is 0 Å². The van der Waals surface area contributed by atoms with Gasteiger partial charge in [0.1, 0.15) is 0 Å². The average molecular weight is 180 g/mol. The molecule has 1 heteroatoms. The second-order valence-corrected chi connectivity index (χ2v) is 4.70. The zero-order valence-electron chi connectivity index (χ0n) is 8.86. The van der Waals surface area contributed by atoms with E-state index in [2.05, 4.69) is 32.9 Å². The summed E-state index contributed by atoms with van der Waals surface area (Å²) >= 11 is 0. The summed E-state index contributed by atoms with van der Waals surface area (Å²) in [5, 5.41) is 0. The molecule has 0 N–H and O–H groups in total. The Morgan fingerprint density at radius 1 is 1.31 bits per heavy atom. The molecule has 0 spiro atoms. The summed E-state index contributed by atoms with van der Waals surface area (Å²) in [6.45, 7) is 6.79. The molecule has 0 aromatic carbocycles. The number of epoxide rings is 1. The standard InChI is InChI=1S/C12H20O/c1-4-5-6-10-7-8(2)11-12(13-11)9(10)3/h4-5,8-12H,6-7H2,1-3H3. The van der Waals surface area contributed by atoms with Gasteiger partial charge in [0.25, 0.3) is 0 Å². The van der Waals surface area contributed by atoms with Crippen LogP contribution in [0.3, 0.4) is 0 Å². The molecule has 2 rings (SSSR count). The molecular weight excluding hydrogens is 160 g/mol. The van der Waals surface area contributed by atoms with Gasteiger partial charge in [-0.05, 0) is 37.5 Å². The Morgan fingerprint density at radius 3 is 2.77 bits per heavy atom. The first kappa shape index (κ1) is 9.26. The molecule has 0 radical (unpaired) electrons. The van der Waals surface area contributed by atoms with Gasteiger partial charge >= 0.3 is 0 Å². The largest absolute Gasteiger partial charge is 0.369 e. The van der Waals surface area contributed by atoms with Crippen molar-refractivity contribution in [2.24, 2.45) is 17.8 Å². The third-order valence-electron chi connectivity index (χ3n) is 3.73. The first-order valence-electron chi connectivity index (χ1n) is 5.50. The molecular formula is C12H20O. The molecule has 0 aromatic rings. The Morgan fingerprint density at radius 2 is 2.08 bits per heavy atom.